The number of nitrogens with zero attached hydrogens (tertiary/aromatic N) is 1. The molecule has 0 saturated carbocycles. The molecule has 368 valence electrons. The molecular weight excluding hydrogens is 792 g/mol. The molecule has 1 amide bonds. The number of aliphatic hydroxyl groups is 1. The quantitative estimate of drug-likeness (QED) is 0.0273. The fraction of sp³-hybridized carbons (Fsp3) is 0.906. The van der Waals surface area contributed by atoms with Gasteiger partial charge in [-0.2, -0.15) is 0 Å². The Labute approximate surface area is 385 Å². The second-order valence-corrected chi connectivity index (χ2v) is 21.0. The number of quaternary nitrogens is 1. The van der Waals surface area contributed by atoms with Crippen LogP contribution in [-0.4, -0.2) is 68.5 Å². The van der Waals surface area contributed by atoms with Crippen LogP contribution in [0.25, 0.3) is 0 Å². The summed E-state index contributed by atoms with van der Waals surface area (Å²) < 4.78 is 23.2. The summed E-state index contributed by atoms with van der Waals surface area (Å²) in [6, 6.07) is -0.883. The Kier molecular flexibility index (Phi) is 44.4. The first-order chi connectivity index (χ1) is 30.0. The normalized spacial score (nSPS) is 14.2. The highest BCUT2D eigenvalue weighted by Gasteiger charge is 2.23. The van der Waals surface area contributed by atoms with Crippen molar-refractivity contribution in [3.05, 3.63) is 24.3 Å². The van der Waals surface area contributed by atoms with Gasteiger partial charge in [0.2, 0.25) is 5.91 Å². The lowest BCUT2D eigenvalue weighted by atomic mass is 10.0. The van der Waals surface area contributed by atoms with Gasteiger partial charge >= 0.3 is 0 Å². The minimum absolute atomic E-state index is 0.000437. The predicted molar refractivity (Wildman–Crippen MR) is 265 cm³/mol. The van der Waals surface area contributed by atoms with Crippen molar-refractivity contribution < 1.29 is 32.9 Å². The second kappa shape index (κ2) is 45.1. The van der Waals surface area contributed by atoms with Crippen molar-refractivity contribution in [3.63, 3.8) is 0 Å². The Hall–Kier alpha value is -1.02. The van der Waals surface area contributed by atoms with Gasteiger partial charge in [-0.3, -0.25) is 9.36 Å². The zero-order valence-electron chi connectivity index (χ0n) is 41.8. The van der Waals surface area contributed by atoms with E-state index in [1.165, 1.54) is 199 Å². The van der Waals surface area contributed by atoms with E-state index in [9.17, 15) is 19.4 Å². The van der Waals surface area contributed by atoms with Crippen LogP contribution >= 0.6 is 7.82 Å². The molecule has 3 atom stereocenters. The zero-order valence-corrected chi connectivity index (χ0v) is 42.7. The van der Waals surface area contributed by atoms with E-state index in [0.717, 1.165) is 38.5 Å². The van der Waals surface area contributed by atoms with Gasteiger partial charge in [-0.05, 0) is 44.9 Å². The molecule has 0 saturated heterocycles. The molecule has 0 aromatic rings. The summed E-state index contributed by atoms with van der Waals surface area (Å²) in [5.41, 5.74) is 0. The molecule has 0 radical (unpaired) electrons. The molecule has 0 aromatic heterocycles. The SMILES string of the molecule is CCCCCCCCCCCC/C=C/C(O)C(COP(=O)([O-])OCC[N+](C)(C)C)NC(=O)CCCCCCCCCCCCCC/C=C\CCCCCCCCCCCCCC. The van der Waals surface area contributed by atoms with Crippen molar-refractivity contribution in [2.24, 2.45) is 0 Å². The third-order valence-electron chi connectivity index (χ3n) is 12.2. The van der Waals surface area contributed by atoms with Crippen molar-refractivity contribution >= 4 is 13.7 Å². The standard InChI is InChI=1S/C53H105N2O6P/c1-6-8-10-12-14-16-18-20-21-22-23-24-25-26-27-28-29-30-31-32-33-34-35-37-39-41-43-45-47-53(57)54-51(50-61-62(58,59)60-49-48-55(3,4)5)52(56)46-44-42-40-38-36-19-17-15-13-11-9-7-2/h26-27,44,46,51-52,56H,6-25,28-43,45,47-50H2,1-5H3,(H-,54,57,58,59)/b27-26-,46-44+. The van der Waals surface area contributed by atoms with E-state index in [1.54, 1.807) is 6.08 Å². The zero-order chi connectivity index (χ0) is 45.7. The number of hydrogen-bond acceptors (Lipinski definition) is 6. The smallest absolute Gasteiger partial charge is 0.268 e. The average molecular weight is 897 g/mol. The molecule has 0 fully saturated rings. The number of aliphatic hydroxyl groups excluding tert-OH is 1. The summed E-state index contributed by atoms with van der Waals surface area (Å²) in [6.07, 6.45) is 55.4. The Balaban J connectivity index is 4.09. The monoisotopic (exact) mass is 897 g/mol. The lowest BCUT2D eigenvalue weighted by Crippen LogP contribution is -2.45. The first-order valence-corrected chi connectivity index (χ1v) is 28.2. The molecule has 0 bridgehead atoms. The van der Waals surface area contributed by atoms with Gasteiger partial charge in [-0.1, -0.05) is 231 Å². The van der Waals surface area contributed by atoms with E-state index in [-0.39, 0.29) is 19.1 Å². The molecule has 2 N–H and O–H groups in total. The van der Waals surface area contributed by atoms with Gasteiger partial charge in [0.25, 0.3) is 7.82 Å². The van der Waals surface area contributed by atoms with Crippen molar-refractivity contribution in [1.82, 2.24) is 5.32 Å². The lowest BCUT2D eigenvalue weighted by Gasteiger charge is -2.29. The number of phosphoric acid groups is 1. The molecule has 0 aliphatic heterocycles. The van der Waals surface area contributed by atoms with Gasteiger partial charge in [-0.15, -0.1) is 0 Å². The maximum absolute atomic E-state index is 12.9. The van der Waals surface area contributed by atoms with Gasteiger partial charge in [0, 0.05) is 6.42 Å². The van der Waals surface area contributed by atoms with Gasteiger partial charge < -0.3 is 28.8 Å². The highest BCUT2D eigenvalue weighted by Crippen LogP contribution is 2.38. The summed E-state index contributed by atoms with van der Waals surface area (Å²) >= 11 is 0. The van der Waals surface area contributed by atoms with Crippen LogP contribution in [0.2, 0.25) is 0 Å². The van der Waals surface area contributed by atoms with Crippen LogP contribution in [0.5, 0.6) is 0 Å². The van der Waals surface area contributed by atoms with E-state index in [0.29, 0.717) is 17.4 Å². The highest BCUT2D eigenvalue weighted by atomic mass is 31.2. The van der Waals surface area contributed by atoms with Crippen LogP contribution in [-0.2, 0) is 18.4 Å². The van der Waals surface area contributed by atoms with E-state index in [4.69, 9.17) is 9.05 Å². The van der Waals surface area contributed by atoms with Gasteiger partial charge in [0.15, 0.2) is 0 Å². The molecule has 9 heteroatoms. The lowest BCUT2D eigenvalue weighted by molar-refractivity contribution is -0.870. The number of likely N-dealkylation sites (N-methyl/N-ethyl adjacent to an activating group) is 1. The number of carbonyl (C=O) groups excluding carboxylic acids is 1. The molecule has 0 aromatic carbocycles. The summed E-state index contributed by atoms with van der Waals surface area (Å²) in [7, 11) is 1.27. The van der Waals surface area contributed by atoms with Crippen LogP contribution in [0.3, 0.4) is 0 Å². The molecule has 3 unspecified atom stereocenters. The first-order valence-electron chi connectivity index (χ1n) is 26.7. The second-order valence-electron chi connectivity index (χ2n) is 19.6. The topological polar surface area (TPSA) is 108 Å². The fourth-order valence-corrected chi connectivity index (χ4v) is 8.64. The largest absolute Gasteiger partial charge is 0.756 e. The molecule has 0 rings (SSSR count). The molecule has 0 aliphatic rings. The van der Waals surface area contributed by atoms with E-state index < -0.39 is 20.0 Å². The maximum atomic E-state index is 12.9. The number of rotatable bonds is 49. The third-order valence-corrected chi connectivity index (χ3v) is 13.1. The Morgan fingerprint density at radius 3 is 1.26 bits per heavy atom. The molecule has 62 heavy (non-hydrogen) atoms. The van der Waals surface area contributed by atoms with Crippen LogP contribution < -0.4 is 10.2 Å². The fourth-order valence-electron chi connectivity index (χ4n) is 7.91. The predicted octanol–water partition coefficient (Wildman–Crippen LogP) is 15.0. The molecule has 0 spiro atoms. The number of allylic oxidation sites excluding steroid dienone is 3. The number of hydrogen-bond donors (Lipinski definition) is 2. The maximum Gasteiger partial charge on any atom is 0.268 e. The summed E-state index contributed by atoms with van der Waals surface area (Å²) in [4.78, 5) is 25.4. The van der Waals surface area contributed by atoms with Crippen LogP contribution in [0.4, 0.5) is 0 Å². The Morgan fingerprint density at radius 2 is 0.887 bits per heavy atom. The number of amides is 1. The number of nitrogens with one attached hydrogen (secondary N) is 1. The third kappa shape index (κ3) is 47.0. The summed E-state index contributed by atoms with van der Waals surface area (Å²) in [5, 5.41) is 13.8. The number of phosphoric ester groups is 1. The van der Waals surface area contributed by atoms with Crippen LogP contribution in [0.15, 0.2) is 24.3 Å². The van der Waals surface area contributed by atoms with Crippen molar-refractivity contribution in [1.29, 1.82) is 0 Å². The average Bonchev–Trinajstić information content (AvgIpc) is 3.23. The van der Waals surface area contributed by atoms with Gasteiger partial charge in [0.1, 0.15) is 13.2 Å². The van der Waals surface area contributed by atoms with Crippen molar-refractivity contribution in [2.45, 2.75) is 270 Å². The highest BCUT2D eigenvalue weighted by molar-refractivity contribution is 7.45. The molecule has 8 nitrogen and oxygen atoms in total. The minimum atomic E-state index is -4.59. The minimum Gasteiger partial charge on any atom is -0.756 e. The van der Waals surface area contributed by atoms with Crippen molar-refractivity contribution in [2.75, 3.05) is 40.9 Å². The van der Waals surface area contributed by atoms with Crippen LogP contribution in [0, 0.1) is 0 Å². The number of carbonyl (C=O) groups is 1. The Morgan fingerprint density at radius 1 is 0.548 bits per heavy atom. The van der Waals surface area contributed by atoms with Crippen LogP contribution in [0.1, 0.15) is 258 Å². The van der Waals surface area contributed by atoms with Crippen molar-refractivity contribution in [3.8, 4) is 0 Å². The summed E-state index contributed by atoms with van der Waals surface area (Å²) in [6.45, 7) is 4.66. The van der Waals surface area contributed by atoms with Gasteiger partial charge in [0.05, 0.1) is 39.9 Å². The Bertz CT molecular complexity index is 1060. The molecular formula is C53H105N2O6P. The van der Waals surface area contributed by atoms with Gasteiger partial charge in [-0.25, -0.2) is 0 Å². The van der Waals surface area contributed by atoms with E-state index >= 15 is 0 Å². The first kappa shape index (κ1) is 61.0. The molecule has 0 aliphatic carbocycles. The molecule has 0 heterocycles. The van der Waals surface area contributed by atoms with E-state index in [2.05, 4.69) is 31.3 Å². The summed E-state index contributed by atoms with van der Waals surface area (Å²) in [5.74, 6) is -0.196. The number of unbranched alkanes of at least 4 members (excludes halogenated alkanes) is 34. The van der Waals surface area contributed by atoms with E-state index in [1.807, 2.05) is 27.2 Å².